The number of aliphatic imine (C=N–C) groups is 1. The number of primary amides is 1. The van der Waals surface area contributed by atoms with Gasteiger partial charge in [0.25, 0.3) is 5.91 Å². The van der Waals surface area contributed by atoms with E-state index in [1.54, 1.807) is 18.8 Å². The van der Waals surface area contributed by atoms with E-state index in [1.165, 1.54) is 4.90 Å². The topological polar surface area (TPSA) is 137 Å². The van der Waals surface area contributed by atoms with E-state index in [-0.39, 0.29) is 23.7 Å². The second-order valence-corrected chi connectivity index (χ2v) is 10.3. The zero-order chi connectivity index (χ0) is 24.6. The van der Waals surface area contributed by atoms with E-state index in [2.05, 4.69) is 27.1 Å². The van der Waals surface area contributed by atoms with E-state index in [0.29, 0.717) is 38.4 Å². The van der Waals surface area contributed by atoms with Crippen molar-refractivity contribution in [1.29, 1.82) is 0 Å². The maximum Gasteiger partial charge on any atom is 0.325 e. The van der Waals surface area contributed by atoms with Gasteiger partial charge in [0, 0.05) is 49.7 Å². The van der Waals surface area contributed by atoms with Crippen LogP contribution in [0.2, 0.25) is 0 Å². The summed E-state index contributed by atoms with van der Waals surface area (Å²) in [4.78, 5) is 56.1. The standard InChI is InChI=1S/C22H32N8O3S/c1-12(11-34-20-24-13(2)9-14(3)25-20)10-30-16-18(28(4)22(33)27-19(16)32)26-21(30)29-7-5-15(6-8-29)17(23)31/h9,12,15-16,18H,5-8,10-11H2,1-4H3,(H2,23,31)(H,27,32,33). The van der Waals surface area contributed by atoms with Gasteiger partial charge < -0.3 is 20.4 Å². The molecule has 34 heavy (non-hydrogen) atoms. The fraction of sp³-hybridized carbons (Fsp3) is 0.636. The number of hydrogen-bond donors (Lipinski definition) is 2. The third-order valence-corrected chi connectivity index (χ3v) is 7.66. The molecule has 4 rings (SSSR count). The summed E-state index contributed by atoms with van der Waals surface area (Å²) in [5.74, 6) is 0.907. The Bertz CT molecular complexity index is 990. The first kappa shape index (κ1) is 24.2. The summed E-state index contributed by atoms with van der Waals surface area (Å²) in [6.45, 7) is 7.87. The van der Waals surface area contributed by atoms with Crippen LogP contribution in [-0.4, -0.2) is 93.1 Å². The van der Waals surface area contributed by atoms with Crippen molar-refractivity contribution >= 4 is 35.6 Å². The molecule has 3 aliphatic rings. The highest BCUT2D eigenvalue weighted by Crippen LogP contribution is 2.29. The Hall–Kier alpha value is -2.89. The van der Waals surface area contributed by atoms with Gasteiger partial charge in [-0.05, 0) is 38.7 Å². The summed E-state index contributed by atoms with van der Waals surface area (Å²) < 4.78 is 0. The van der Waals surface area contributed by atoms with Gasteiger partial charge >= 0.3 is 6.03 Å². The number of nitrogens with two attached hydrogens (primary N) is 1. The van der Waals surface area contributed by atoms with Gasteiger partial charge in [-0.1, -0.05) is 18.7 Å². The summed E-state index contributed by atoms with van der Waals surface area (Å²) in [7, 11) is 1.65. The van der Waals surface area contributed by atoms with Crippen molar-refractivity contribution in [2.75, 3.05) is 32.4 Å². The largest absolute Gasteiger partial charge is 0.369 e. The Morgan fingerprint density at radius 1 is 1.24 bits per heavy atom. The highest BCUT2D eigenvalue weighted by Gasteiger charge is 2.50. The van der Waals surface area contributed by atoms with Crippen LogP contribution in [0.25, 0.3) is 0 Å². The molecule has 1 aromatic rings. The number of piperidine rings is 1. The van der Waals surface area contributed by atoms with Crippen molar-refractivity contribution in [1.82, 2.24) is 30.0 Å². The molecule has 0 radical (unpaired) electrons. The average molecular weight is 489 g/mol. The van der Waals surface area contributed by atoms with Crippen LogP contribution in [0.1, 0.15) is 31.2 Å². The Morgan fingerprint density at radius 3 is 2.50 bits per heavy atom. The first-order chi connectivity index (χ1) is 16.1. The van der Waals surface area contributed by atoms with E-state index >= 15 is 0 Å². The van der Waals surface area contributed by atoms with Gasteiger partial charge in [-0.3, -0.25) is 14.9 Å². The number of nitrogens with one attached hydrogen (secondary N) is 1. The molecule has 3 atom stereocenters. The second kappa shape index (κ2) is 9.77. The zero-order valence-corrected chi connectivity index (χ0v) is 20.8. The summed E-state index contributed by atoms with van der Waals surface area (Å²) >= 11 is 1.59. The minimum Gasteiger partial charge on any atom is -0.369 e. The first-order valence-electron chi connectivity index (χ1n) is 11.6. The number of nitrogens with zero attached hydrogens (tertiary/aromatic N) is 6. The van der Waals surface area contributed by atoms with Gasteiger partial charge in [0.15, 0.2) is 23.3 Å². The Labute approximate surface area is 203 Å². The molecule has 0 spiro atoms. The number of hydrogen-bond acceptors (Lipinski definition) is 9. The SMILES string of the molecule is Cc1cc(C)nc(SCC(C)CN2C(N3CCC(C(N)=O)CC3)=NC3C2C(=O)NC(=O)N3C)n1. The van der Waals surface area contributed by atoms with Crippen molar-refractivity contribution in [3.05, 3.63) is 17.5 Å². The predicted molar refractivity (Wildman–Crippen MR) is 128 cm³/mol. The molecule has 3 aliphatic heterocycles. The Morgan fingerprint density at radius 2 is 1.88 bits per heavy atom. The molecule has 12 heteroatoms. The number of amides is 4. The van der Waals surface area contributed by atoms with Gasteiger partial charge in [0.05, 0.1) is 0 Å². The molecule has 1 aromatic heterocycles. The molecule has 0 aromatic carbocycles. The van der Waals surface area contributed by atoms with E-state index in [1.807, 2.05) is 24.8 Å². The Balaban J connectivity index is 1.50. The molecular formula is C22H32N8O3S. The molecule has 0 aliphatic carbocycles. The molecular weight excluding hydrogens is 456 g/mol. The number of imide groups is 1. The molecule has 0 saturated carbocycles. The minimum absolute atomic E-state index is 0.144. The lowest BCUT2D eigenvalue weighted by molar-refractivity contribution is -0.127. The van der Waals surface area contributed by atoms with Gasteiger partial charge in [0.1, 0.15) is 0 Å². The number of carbonyl (C=O) groups excluding carboxylic acids is 3. The van der Waals surface area contributed by atoms with Crippen LogP contribution in [0.15, 0.2) is 16.2 Å². The van der Waals surface area contributed by atoms with E-state index in [0.717, 1.165) is 22.3 Å². The molecule has 2 fully saturated rings. The number of carbonyl (C=O) groups is 3. The first-order valence-corrected chi connectivity index (χ1v) is 12.5. The van der Waals surface area contributed by atoms with Crippen LogP contribution in [0.3, 0.4) is 0 Å². The quantitative estimate of drug-likeness (QED) is 0.438. The lowest BCUT2D eigenvalue weighted by Crippen LogP contribution is -2.64. The Kier molecular flexibility index (Phi) is 6.96. The number of likely N-dealkylation sites (tertiary alicyclic amines) is 1. The normalized spacial score (nSPS) is 24.1. The average Bonchev–Trinajstić information content (AvgIpc) is 3.15. The molecule has 3 unspecified atom stereocenters. The van der Waals surface area contributed by atoms with Crippen LogP contribution in [0.4, 0.5) is 4.79 Å². The molecule has 2 saturated heterocycles. The number of aryl methyl sites for hydroxylation is 2. The summed E-state index contributed by atoms with van der Waals surface area (Å²) in [5, 5.41) is 3.19. The third kappa shape index (κ3) is 4.96. The van der Waals surface area contributed by atoms with Crippen molar-refractivity contribution in [3.63, 3.8) is 0 Å². The number of guanidine groups is 1. The van der Waals surface area contributed by atoms with Crippen molar-refractivity contribution < 1.29 is 14.4 Å². The number of likely N-dealkylation sites (N-methyl/N-ethyl adjacent to an activating group) is 1. The maximum atomic E-state index is 12.9. The van der Waals surface area contributed by atoms with Crippen molar-refractivity contribution in [2.45, 2.75) is 51.0 Å². The van der Waals surface area contributed by atoms with Gasteiger partial charge in [-0.15, -0.1) is 0 Å². The summed E-state index contributed by atoms with van der Waals surface area (Å²) in [5.41, 5.74) is 7.37. The predicted octanol–water partition coefficient (Wildman–Crippen LogP) is 0.567. The molecule has 184 valence electrons. The van der Waals surface area contributed by atoms with Gasteiger partial charge in [-0.2, -0.15) is 0 Å². The second-order valence-electron chi connectivity index (χ2n) is 9.36. The van der Waals surface area contributed by atoms with E-state index in [9.17, 15) is 14.4 Å². The number of urea groups is 1. The van der Waals surface area contributed by atoms with Crippen LogP contribution < -0.4 is 11.1 Å². The number of rotatable bonds is 6. The molecule has 0 bridgehead atoms. The highest BCUT2D eigenvalue weighted by atomic mass is 32.2. The summed E-state index contributed by atoms with van der Waals surface area (Å²) in [6, 6.07) is 0.914. The zero-order valence-electron chi connectivity index (χ0n) is 20.0. The monoisotopic (exact) mass is 488 g/mol. The molecule has 3 N–H and O–H groups in total. The van der Waals surface area contributed by atoms with Gasteiger partial charge in [-0.25, -0.2) is 19.8 Å². The fourth-order valence-electron chi connectivity index (χ4n) is 4.70. The fourth-order valence-corrected chi connectivity index (χ4v) is 5.65. The number of thioether (sulfide) groups is 1. The van der Waals surface area contributed by atoms with Gasteiger partial charge in [0.2, 0.25) is 5.91 Å². The third-order valence-electron chi connectivity index (χ3n) is 6.49. The molecule has 4 amide bonds. The van der Waals surface area contributed by atoms with Crippen LogP contribution in [0.5, 0.6) is 0 Å². The number of aromatic nitrogens is 2. The highest BCUT2D eigenvalue weighted by molar-refractivity contribution is 7.99. The molecule has 11 nitrogen and oxygen atoms in total. The molecule has 4 heterocycles. The van der Waals surface area contributed by atoms with Crippen molar-refractivity contribution in [2.24, 2.45) is 22.6 Å². The maximum absolute atomic E-state index is 12.9. The van der Waals surface area contributed by atoms with E-state index < -0.39 is 18.2 Å². The van der Waals surface area contributed by atoms with E-state index in [4.69, 9.17) is 10.7 Å². The smallest absolute Gasteiger partial charge is 0.325 e. The van der Waals surface area contributed by atoms with Crippen molar-refractivity contribution in [3.8, 4) is 0 Å². The van der Waals surface area contributed by atoms with Crippen LogP contribution in [-0.2, 0) is 9.59 Å². The van der Waals surface area contributed by atoms with Crippen LogP contribution in [0, 0.1) is 25.7 Å². The minimum atomic E-state index is -0.587. The number of fused-ring (bicyclic) bond motifs is 1. The lowest BCUT2D eigenvalue weighted by atomic mass is 9.96. The summed E-state index contributed by atoms with van der Waals surface area (Å²) in [6.07, 6.45) is 0.717. The lowest BCUT2D eigenvalue weighted by Gasteiger charge is -2.40. The van der Waals surface area contributed by atoms with Crippen LogP contribution >= 0.6 is 11.8 Å².